The highest BCUT2D eigenvalue weighted by Gasteiger charge is 2.00. The molecule has 0 saturated heterocycles. The number of hydrogen-bond donors (Lipinski definition) is 0. The first-order valence-corrected chi connectivity index (χ1v) is 7.67. The van der Waals surface area contributed by atoms with Gasteiger partial charge in [-0.25, -0.2) is 0 Å². The average Bonchev–Trinajstić information content (AvgIpc) is 2.60. The van der Waals surface area contributed by atoms with Crippen LogP contribution in [0.2, 0.25) is 0 Å². The summed E-state index contributed by atoms with van der Waals surface area (Å²) < 4.78 is 0. The van der Waals surface area contributed by atoms with Crippen LogP contribution in [0.4, 0.5) is 0 Å². The van der Waals surface area contributed by atoms with E-state index in [1.165, 1.54) is 6.38 Å². The second kappa shape index (κ2) is 11.2. The summed E-state index contributed by atoms with van der Waals surface area (Å²) in [7, 11) is 0. The Balaban J connectivity index is 0.000000538. The molecule has 2 aromatic heterocycles. The zero-order valence-electron chi connectivity index (χ0n) is 12.9. The van der Waals surface area contributed by atoms with Crippen LogP contribution in [0.1, 0.15) is 27.7 Å². The lowest BCUT2D eigenvalue weighted by Crippen LogP contribution is -1.83. The van der Waals surface area contributed by atoms with Crippen LogP contribution in [0.25, 0.3) is 21.8 Å². The van der Waals surface area contributed by atoms with Crippen molar-refractivity contribution in [2.75, 3.05) is 6.38 Å². The molecule has 0 atom stereocenters. The Kier molecular flexibility index (Phi) is 10.2. The van der Waals surface area contributed by atoms with Crippen LogP contribution < -0.4 is 0 Å². The largest absolute Gasteiger partial charge is 0.254 e. The molecule has 3 heteroatoms. The first-order valence-electron chi connectivity index (χ1n) is 6.91. The summed E-state index contributed by atoms with van der Waals surface area (Å²) in [4.78, 5) is 8.69. The molecule has 0 N–H and O–H groups in total. The van der Waals surface area contributed by atoms with Crippen molar-refractivity contribution in [3.8, 4) is 0 Å². The summed E-state index contributed by atoms with van der Waals surface area (Å²) in [6, 6.07) is 12.1. The van der Waals surface area contributed by atoms with Crippen LogP contribution in [0.3, 0.4) is 0 Å². The molecule has 20 heavy (non-hydrogen) atoms. The van der Waals surface area contributed by atoms with E-state index >= 15 is 0 Å². The topological polar surface area (TPSA) is 25.8 Å². The Morgan fingerprint density at radius 1 is 0.650 bits per heavy atom. The van der Waals surface area contributed by atoms with Gasteiger partial charge in [0, 0.05) is 29.5 Å². The van der Waals surface area contributed by atoms with Gasteiger partial charge in [-0.05, 0) is 12.1 Å². The minimum Gasteiger partial charge on any atom is -0.254 e. The predicted molar refractivity (Wildman–Crippen MR) is 91.5 cm³/mol. The number of hydrogen-bond acceptors (Lipinski definition) is 2. The predicted octanol–water partition coefficient (Wildman–Crippen LogP) is 5.69. The number of nitrogens with zero attached hydrogens (tertiary/aromatic N) is 2. The summed E-state index contributed by atoms with van der Waals surface area (Å²) in [5, 5.41) is 2.28. The Hall–Kier alpha value is -1.67. The Morgan fingerprint density at radius 2 is 1.00 bits per heavy atom. The van der Waals surface area contributed by atoms with Gasteiger partial charge in [-0.15, -0.1) is 11.6 Å². The molecule has 0 amide bonds. The minimum atomic E-state index is 0.977. The smallest absolute Gasteiger partial charge is 0.0964 e. The molecule has 0 bridgehead atoms. The van der Waals surface area contributed by atoms with Crippen molar-refractivity contribution in [3.63, 3.8) is 0 Å². The number of aromatic nitrogens is 2. The van der Waals surface area contributed by atoms with E-state index in [1.807, 2.05) is 39.8 Å². The molecule has 0 radical (unpaired) electrons. The Bertz CT molecular complexity index is 554. The van der Waals surface area contributed by atoms with Gasteiger partial charge in [-0.2, -0.15) is 0 Å². The van der Waals surface area contributed by atoms with Crippen molar-refractivity contribution in [3.05, 3.63) is 48.8 Å². The van der Waals surface area contributed by atoms with Crippen molar-refractivity contribution in [2.24, 2.45) is 0 Å². The molecule has 0 spiro atoms. The molecule has 2 nitrogen and oxygen atoms in total. The fraction of sp³-hybridized carbons (Fsp3) is 0.294. The molecule has 0 unspecified atom stereocenters. The molecule has 0 saturated carbocycles. The van der Waals surface area contributed by atoms with Crippen LogP contribution in [0.5, 0.6) is 0 Å². The number of halogens is 1. The van der Waals surface area contributed by atoms with Crippen LogP contribution in [-0.4, -0.2) is 16.4 Å². The first-order chi connectivity index (χ1) is 9.95. The molecule has 2 heterocycles. The van der Waals surface area contributed by atoms with Crippen molar-refractivity contribution in [2.45, 2.75) is 27.7 Å². The van der Waals surface area contributed by atoms with Gasteiger partial charge in [0.05, 0.1) is 11.0 Å². The molecular formula is C17H23ClN2. The molecule has 0 aliphatic carbocycles. The second-order valence-electron chi connectivity index (χ2n) is 3.22. The third kappa shape index (κ3) is 4.46. The maximum atomic E-state index is 4.64. The van der Waals surface area contributed by atoms with Crippen molar-refractivity contribution in [1.82, 2.24) is 9.97 Å². The van der Waals surface area contributed by atoms with Gasteiger partial charge < -0.3 is 0 Å². The molecule has 0 aliphatic heterocycles. The fourth-order valence-corrected chi connectivity index (χ4v) is 1.68. The second-order valence-corrected chi connectivity index (χ2v) is 3.22. The van der Waals surface area contributed by atoms with E-state index < -0.39 is 0 Å². The van der Waals surface area contributed by atoms with Gasteiger partial charge in [0.1, 0.15) is 0 Å². The van der Waals surface area contributed by atoms with Gasteiger partial charge in [0.2, 0.25) is 0 Å². The zero-order chi connectivity index (χ0) is 15.4. The lowest BCUT2D eigenvalue weighted by atomic mass is 10.1. The van der Waals surface area contributed by atoms with E-state index in [9.17, 15) is 0 Å². The van der Waals surface area contributed by atoms with E-state index in [0.29, 0.717) is 0 Å². The van der Waals surface area contributed by atoms with Gasteiger partial charge in [-0.3, -0.25) is 9.97 Å². The standard InChI is InChI=1S/C12H8N2.2C2H6.CH3Cl/c1-3-9-5-6-10-4-2-8-14-12(10)11(9)13-7-1;3*1-2/h1-8H;2*1-2H3;1H3. The molecule has 3 rings (SSSR count). The highest BCUT2D eigenvalue weighted by atomic mass is 35.5. The van der Waals surface area contributed by atoms with E-state index in [-0.39, 0.29) is 0 Å². The third-order valence-electron chi connectivity index (χ3n) is 2.34. The number of alkyl halides is 1. The number of benzene rings is 1. The maximum Gasteiger partial charge on any atom is 0.0964 e. The number of fused-ring (bicyclic) bond motifs is 3. The maximum absolute atomic E-state index is 4.64. The van der Waals surface area contributed by atoms with Crippen LogP contribution in [-0.2, 0) is 0 Å². The third-order valence-corrected chi connectivity index (χ3v) is 2.34. The molecule has 108 valence electrons. The molecule has 0 fully saturated rings. The zero-order valence-corrected chi connectivity index (χ0v) is 13.6. The van der Waals surface area contributed by atoms with Crippen LogP contribution in [0, 0.1) is 0 Å². The summed E-state index contributed by atoms with van der Waals surface area (Å²) in [5.74, 6) is 0. The number of rotatable bonds is 0. The minimum absolute atomic E-state index is 0.977. The van der Waals surface area contributed by atoms with Crippen LogP contribution in [0.15, 0.2) is 48.8 Å². The summed E-state index contributed by atoms with van der Waals surface area (Å²) in [5.41, 5.74) is 1.95. The van der Waals surface area contributed by atoms with Crippen molar-refractivity contribution >= 4 is 33.4 Å². The quantitative estimate of drug-likeness (QED) is 0.392. The fourth-order valence-electron chi connectivity index (χ4n) is 1.68. The van der Waals surface area contributed by atoms with E-state index in [1.54, 1.807) is 12.4 Å². The highest BCUT2D eigenvalue weighted by Crippen LogP contribution is 2.20. The number of pyridine rings is 2. The lowest BCUT2D eigenvalue weighted by Gasteiger charge is -2.00. The summed E-state index contributed by atoms with van der Waals surface area (Å²) >= 11 is 4.64. The normalized spacial score (nSPS) is 8.50. The Morgan fingerprint density at radius 3 is 1.35 bits per heavy atom. The monoisotopic (exact) mass is 290 g/mol. The summed E-state index contributed by atoms with van der Waals surface area (Å²) in [6.07, 6.45) is 5.08. The van der Waals surface area contributed by atoms with E-state index in [4.69, 9.17) is 0 Å². The van der Waals surface area contributed by atoms with Gasteiger partial charge in [0.15, 0.2) is 0 Å². The van der Waals surface area contributed by atoms with Crippen molar-refractivity contribution < 1.29 is 0 Å². The van der Waals surface area contributed by atoms with E-state index in [2.05, 4.69) is 45.8 Å². The van der Waals surface area contributed by atoms with Crippen molar-refractivity contribution in [1.29, 1.82) is 0 Å². The molecule has 0 aliphatic rings. The summed E-state index contributed by atoms with van der Waals surface area (Å²) in [6.45, 7) is 8.00. The SMILES string of the molecule is CC.CC.CCl.c1cnc2c(c1)ccc1cccnc12. The lowest BCUT2D eigenvalue weighted by molar-refractivity contribution is 1.37. The van der Waals surface area contributed by atoms with Gasteiger partial charge >= 0.3 is 0 Å². The van der Waals surface area contributed by atoms with Crippen LogP contribution >= 0.6 is 11.6 Å². The molecule has 3 aromatic rings. The molecular weight excluding hydrogens is 268 g/mol. The van der Waals surface area contributed by atoms with Gasteiger partial charge in [-0.1, -0.05) is 52.0 Å². The average molecular weight is 291 g/mol. The van der Waals surface area contributed by atoms with E-state index in [0.717, 1.165) is 21.8 Å². The van der Waals surface area contributed by atoms with Gasteiger partial charge in [0.25, 0.3) is 0 Å². The highest BCUT2D eigenvalue weighted by molar-refractivity contribution is 6.15. The Labute approximate surface area is 126 Å². The molecule has 1 aromatic carbocycles. The first kappa shape index (κ1) is 18.3.